The molecule has 2 saturated heterocycles. The zero-order valence-corrected chi connectivity index (χ0v) is 13.4. The van der Waals surface area contributed by atoms with Crippen molar-refractivity contribution in [3.05, 3.63) is 0 Å². The van der Waals surface area contributed by atoms with Crippen molar-refractivity contribution in [1.29, 1.82) is 0 Å². The van der Waals surface area contributed by atoms with Gasteiger partial charge in [0.1, 0.15) is 0 Å². The molecule has 2 fully saturated rings. The molecule has 0 aromatic heterocycles. The van der Waals surface area contributed by atoms with Crippen molar-refractivity contribution < 1.29 is 9.53 Å². The van der Waals surface area contributed by atoms with E-state index in [2.05, 4.69) is 10.2 Å². The van der Waals surface area contributed by atoms with E-state index in [-0.39, 0.29) is 12.4 Å². The number of piperidine rings is 1. The highest BCUT2D eigenvalue weighted by Crippen LogP contribution is 2.23. The summed E-state index contributed by atoms with van der Waals surface area (Å²) in [5.41, 5.74) is 0. The van der Waals surface area contributed by atoms with E-state index in [0.717, 1.165) is 58.0 Å². The zero-order valence-electron chi connectivity index (χ0n) is 12.6. The van der Waals surface area contributed by atoms with Gasteiger partial charge >= 0.3 is 0 Å². The largest absolute Gasteiger partial charge is 0.381 e. The molecule has 0 aliphatic carbocycles. The van der Waals surface area contributed by atoms with Gasteiger partial charge in [0.05, 0.1) is 0 Å². The topological polar surface area (TPSA) is 41.6 Å². The van der Waals surface area contributed by atoms with Crippen LogP contribution < -0.4 is 5.32 Å². The van der Waals surface area contributed by atoms with Gasteiger partial charge in [-0.05, 0) is 57.5 Å². The highest BCUT2D eigenvalue weighted by Gasteiger charge is 2.25. The average molecular weight is 305 g/mol. The number of likely N-dealkylation sites (tertiary alicyclic amines) is 1. The summed E-state index contributed by atoms with van der Waals surface area (Å²) in [7, 11) is 2.01. The van der Waals surface area contributed by atoms with Gasteiger partial charge < -0.3 is 15.0 Å². The van der Waals surface area contributed by atoms with E-state index in [9.17, 15) is 4.79 Å². The number of carbonyl (C=O) groups excluding carboxylic acids is 1. The number of amides is 1. The monoisotopic (exact) mass is 304 g/mol. The molecule has 2 rings (SSSR count). The fraction of sp³-hybridized carbons (Fsp3) is 0.933. The number of nitrogens with one attached hydrogen (secondary N) is 1. The van der Waals surface area contributed by atoms with E-state index in [1.165, 1.54) is 19.3 Å². The van der Waals surface area contributed by atoms with Gasteiger partial charge in [0.25, 0.3) is 0 Å². The molecule has 1 amide bonds. The first-order valence-electron chi connectivity index (χ1n) is 7.79. The minimum absolute atomic E-state index is 0. The molecule has 0 atom stereocenters. The van der Waals surface area contributed by atoms with Gasteiger partial charge in [0, 0.05) is 32.7 Å². The van der Waals surface area contributed by atoms with Crippen LogP contribution in [0.1, 0.15) is 38.5 Å². The summed E-state index contributed by atoms with van der Waals surface area (Å²) in [4.78, 5) is 14.3. The summed E-state index contributed by atoms with van der Waals surface area (Å²) in [6.07, 6.45) is 6.47. The summed E-state index contributed by atoms with van der Waals surface area (Å²) in [6, 6.07) is 0. The second-order valence-electron chi connectivity index (χ2n) is 5.98. The van der Waals surface area contributed by atoms with Crippen LogP contribution in [0.25, 0.3) is 0 Å². The second kappa shape index (κ2) is 9.59. The van der Waals surface area contributed by atoms with Crippen LogP contribution in [0.4, 0.5) is 0 Å². The highest BCUT2D eigenvalue weighted by atomic mass is 35.5. The molecule has 2 aliphatic rings. The summed E-state index contributed by atoms with van der Waals surface area (Å²) in [5.74, 6) is 1.74. The zero-order chi connectivity index (χ0) is 13.5. The van der Waals surface area contributed by atoms with Crippen LogP contribution in [-0.2, 0) is 9.53 Å². The lowest BCUT2D eigenvalue weighted by Gasteiger charge is -2.33. The maximum absolute atomic E-state index is 12.3. The predicted molar refractivity (Wildman–Crippen MR) is 83.3 cm³/mol. The van der Waals surface area contributed by atoms with Crippen molar-refractivity contribution in [1.82, 2.24) is 10.2 Å². The third-order valence-corrected chi connectivity index (χ3v) is 4.57. The molecule has 0 radical (unpaired) electrons. The summed E-state index contributed by atoms with van der Waals surface area (Å²) in [6.45, 7) is 4.71. The van der Waals surface area contributed by atoms with Crippen LogP contribution in [0.15, 0.2) is 0 Å². The molecule has 0 unspecified atom stereocenters. The van der Waals surface area contributed by atoms with Crippen LogP contribution in [0.3, 0.4) is 0 Å². The first kappa shape index (κ1) is 17.7. The number of nitrogens with zero attached hydrogens (tertiary/aromatic N) is 1. The molecule has 0 aromatic carbocycles. The van der Waals surface area contributed by atoms with Gasteiger partial charge in [-0.15, -0.1) is 12.4 Å². The Morgan fingerprint density at radius 1 is 1.15 bits per heavy atom. The van der Waals surface area contributed by atoms with E-state index in [4.69, 9.17) is 4.74 Å². The third kappa shape index (κ3) is 5.58. The lowest BCUT2D eigenvalue weighted by molar-refractivity contribution is -0.134. The maximum Gasteiger partial charge on any atom is 0.222 e. The number of ether oxygens (including phenoxy) is 1. The van der Waals surface area contributed by atoms with E-state index >= 15 is 0 Å². The van der Waals surface area contributed by atoms with Gasteiger partial charge in [-0.25, -0.2) is 0 Å². The SMILES string of the molecule is CNCCC1CCN(C(=O)CC2CCOCC2)CC1.Cl. The van der Waals surface area contributed by atoms with Crippen molar-refractivity contribution >= 4 is 18.3 Å². The molecule has 0 spiro atoms. The number of carbonyl (C=O) groups is 1. The van der Waals surface area contributed by atoms with Crippen molar-refractivity contribution in [2.24, 2.45) is 11.8 Å². The third-order valence-electron chi connectivity index (χ3n) is 4.57. The minimum atomic E-state index is 0. The summed E-state index contributed by atoms with van der Waals surface area (Å²) < 4.78 is 5.35. The van der Waals surface area contributed by atoms with Gasteiger partial charge in [-0.2, -0.15) is 0 Å². The van der Waals surface area contributed by atoms with Crippen molar-refractivity contribution in [2.75, 3.05) is 39.9 Å². The number of hydrogen-bond acceptors (Lipinski definition) is 3. The number of hydrogen-bond donors (Lipinski definition) is 1. The molecule has 1 N–H and O–H groups in total. The Labute approximate surface area is 129 Å². The molecular weight excluding hydrogens is 276 g/mol. The Morgan fingerprint density at radius 2 is 1.80 bits per heavy atom. The van der Waals surface area contributed by atoms with Gasteiger partial charge in [-0.1, -0.05) is 0 Å². The van der Waals surface area contributed by atoms with E-state index in [1.807, 2.05) is 7.05 Å². The first-order chi connectivity index (χ1) is 9.29. The summed E-state index contributed by atoms with van der Waals surface area (Å²) in [5, 5.41) is 3.21. The van der Waals surface area contributed by atoms with Crippen LogP contribution in [0.5, 0.6) is 0 Å². The van der Waals surface area contributed by atoms with Gasteiger partial charge in [0.2, 0.25) is 5.91 Å². The Bertz CT molecular complexity index is 275. The normalized spacial score (nSPS) is 21.6. The van der Waals surface area contributed by atoms with Crippen LogP contribution in [0, 0.1) is 11.8 Å². The fourth-order valence-electron chi connectivity index (χ4n) is 3.15. The van der Waals surface area contributed by atoms with Gasteiger partial charge in [-0.3, -0.25) is 4.79 Å². The molecule has 0 aromatic rings. The number of halogens is 1. The molecule has 2 heterocycles. The molecular formula is C15H29ClN2O2. The smallest absolute Gasteiger partial charge is 0.222 e. The Balaban J connectivity index is 0.00000200. The van der Waals surface area contributed by atoms with Crippen LogP contribution >= 0.6 is 12.4 Å². The van der Waals surface area contributed by atoms with Crippen molar-refractivity contribution in [3.63, 3.8) is 0 Å². The predicted octanol–water partition coefficient (Wildman–Crippen LogP) is 2.07. The molecule has 0 saturated carbocycles. The fourth-order valence-corrected chi connectivity index (χ4v) is 3.15. The number of rotatable bonds is 5. The Kier molecular flexibility index (Phi) is 8.50. The quantitative estimate of drug-likeness (QED) is 0.845. The average Bonchev–Trinajstić information content (AvgIpc) is 2.46. The van der Waals surface area contributed by atoms with Gasteiger partial charge in [0.15, 0.2) is 0 Å². The Morgan fingerprint density at radius 3 is 2.40 bits per heavy atom. The molecule has 4 nitrogen and oxygen atoms in total. The van der Waals surface area contributed by atoms with Crippen molar-refractivity contribution in [3.8, 4) is 0 Å². The standard InChI is InChI=1S/C15H28N2O2.ClH/c1-16-7-2-13-3-8-17(9-4-13)15(18)12-14-5-10-19-11-6-14;/h13-14,16H,2-12H2,1H3;1H. The van der Waals surface area contributed by atoms with E-state index in [0.29, 0.717) is 11.8 Å². The van der Waals surface area contributed by atoms with E-state index < -0.39 is 0 Å². The van der Waals surface area contributed by atoms with Crippen LogP contribution in [0.2, 0.25) is 0 Å². The lowest BCUT2D eigenvalue weighted by Crippen LogP contribution is -2.40. The molecule has 2 aliphatic heterocycles. The molecule has 118 valence electrons. The maximum atomic E-state index is 12.3. The Hall–Kier alpha value is -0.320. The minimum Gasteiger partial charge on any atom is -0.381 e. The first-order valence-corrected chi connectivity index (χ1v) is 7.79. The van der Waals surface area contributed by atoms with Crippen molar-refractivity contribution in [2.45, 2.75) is 38.5 Å². The highest BCUT2D eigenvalue weighted by molar-refractivity contribution is 5.85. The molecule has 20 heavy (non-hydrogen) atoms. The molecule has 0 bridgehead atoms. The van der Waals surface area contributed by atoms with E-state index in [1.54, 1.807) is 0 Å². The summed E-state index contributed by atoms with van der Waals surface area (Å²) >= 11 is 0. The second-order valence-corrected chi connectivity index (χ2v) is 5.98. The van der Waals surface area contributed by atoms with Crippen LogP contribution in [-0.4, -0.2) is 50.7 Å². The molecule has 5 heteroatoms. The lowest BCUT2D eigenvalue weighted by atomic mass is 9.92.